The molecule has 3 rings (SSSR count). The highest BCUT2D eigenvalue weighted by Crippen LogP contribution is 2.30. The molecule has 2 amide bonds. The third kappa shape index (κ3) is 2.37. The second kappa shape index (κ2) is 5.35. The van der Waals surface area contributed by atoms with Crippen molar-refractivity contribution < 1.29 is 9.59 Å². The van der Waals surface area contributed by atoms with Crippen molar-refractivity contribution in [2.24, 2.45) is 5.92 Å². The van der Waals surface area contributed by atoms with Crippen molar-refractivity contribution in [3.05, 3.63) is 0 Å². The van der Waals surface area contributed by atoms with E-state index >= 15 is 0 Å². The van der Waals surface area contributed by atoms with E-state index in [0.717, 1.165) is 25.9 Å². The number of amides is 2. The summed E-state index contributed by atoms with van der Waals surface area (Å²) in [5.74, 6) is 3.35. The summed E-state index contributed by atoms with van der Waals surface area (Å²) in [7, 11) is 0. The monoisotopic (exact) mass is 282 g/mol. The lowest BCUT2D eigenvalue weighted by Gasteiger charge is -2.42. The van der Waals surface area contributed by atoms with Gasteiger partial charge >= 0.3 is 0 Å². The van der Waals surface area contributed by atoms with E-state index < -0.39 is 0 Å². The first-order chi connectivity index (χ1) is 9.18. The second-order valence-electron chi connectivity index (χ2n) is 5.91. The molecule has 0 saturated carbocycles. The summed E-state index contributed by atoms with van der Waals surface area (Å²) in [6.45, 7) is 3.45. The van der Waals surface area contributed by atoms with Gasteiger partial charge in [-0.15, -0.1) is 0 Å². The summed E-state index contributed by atoms with van der Waals surface area (Å²) in [6, 6.07) is -0.405. The molecule has 3 aliphatic heterocycles. The second-order valence-corrected chi connectivity index (χ2v) is 7.14. The van der Waals surface area contributed by atoms with Gasteiger partial charge in [0, 0.05) is 13.1 Å². The van der Waals surface area contributed by atoms with Gasteiger partial charge in [0.05, 0.1) is 0 Å². The molecule has 0 bridgehead atoms. The Morgan fingerprint density at radius 2 is 1.89 bits per heavy atom. The van der Waals surface area contributed by atoms with Crippen LogP contribution in [0.4, 0.5) is 0 Å². The van der Waals surface area contributed by atoms with E-state index in [9.17, 15) is 9.59 Å². The van der Waals surface area contributed by atoms with Crippen LogP contribution in [0.2, 0.25) is 0 Å². The van der Waals surface area contributed by atoms with Crippen LogP contribution >= 0.6 is 11.8 Å². The summed E-state index contributed by atoms with van der Waals surface area (Å²) in [5.41, 5.74) is 0. The van der Waals surface area contributed by atoms with Crippen LogP contribution < -0.4 is 0 Å². The molecule has 4 nitrogen and oxygen atoms in total. The van der Waals surface area contributed by atoms with Crippen LogP contribution in [0.1, 0.15) is 32.6 Å². The maximum absolute atomic E-state index is 12.6. The van der Waals surface area contributed by atoms with Gasteiger partial charge in [-0.05, 0) is 50.0 Å². The molecule has 19 heavy (non-hydrogen) atoms. The Labute approximate surface area is 118 Å². The number of fused-ring (bicyclic) bond motifs is 1. The Balaban J connectivity index is 1.72. The topological polar surface area (TPSA) is 40.6 Å². The van der Waals surface area contributed by atoms with Gasteiger partial charge in [0.2, 0.25) is 11.8 Å². The Morgan fingerprint density at radius 1 is 1.16 bits per heavy atom. The minimum atomic E-state index is -0.253. The minimum Gasteiger partial charge on any atom is -0.329 e. The Kier molecular flexibility index (Phi) is 3.74. The smallest absolute Gasteiger partial charge is 0.246 e. The fourth-order valence-corrected chi connectivity index (χ4v) is 4.70. The van der Waals surface area contributed by atoms with E-state index in [1.165, 1.54) is 24.3 Å². The first kappa shape index (κ1) is 13.3. The molecule has 0 spiro atoms. The number of carbonyl (C=O) groups excluding carboxylic acids is 2. The first-order valence-electron chi connectivity index (χ1n) is 7.37. The summed E-state index contributed by atoms with van der Waals surface area (Å²) in [4.78, 5) is 28.6. The van der Waals surface area contributed by atoms with E-state index in [1.807, 2.05) is 23.6 Å². The lowest BCUT2D eigenvalue weighted by molar-refractivity contribution is -0.159. The van der Waals surface area contributed by atoms with Gasteiger partial charge in [-0.25, -0.2) is 0 Å². The van der Waals surface area contributed by atoms with Crippen molar-refractivity contribution in [1.82, 2.24) is 9.80 Å². The predicted molar refractivity (Wildman–Crippen MR) is 76.0 cm³/mol. The summed E-state index contributed by atoms with van der Waals surface area (Å²) in [6.07, 6.45) is 4.20. The predicted octanol–water partition coefficient (Wildman–Crippen LogP) is 1.35. The summed E-state index contributed by atoms with van der Waals surface area (Å²) >= 11 is 2.00. The van der Waals surface area contributed by atoms with Gasteiger partial charge in [0.25, 0.3) is 0 Å². The van der Waals surface area contributed by atoms with Crippen molar-refractivity contribution in [3.8, 4) is 0 Å². The summed E-state index contributed by atoms with van der Waals surface area (Å²) < 4.78 is 0. The van der Waals surface area contributed by atoms with Gasteiger partial charge in [-0.3, -0.25) is 9.59 Å². The third-order valence-corrected chi connectivity index (χ3v) is 5.77. The Morgan fingerprint density at radius 3 is 2.63 bits per heavy atom. The van der Waals surface area contributed by atoms with E-state index in [4.69, 9.17) is 0 Å². The highest BCUT2D eigenvalue weighted by molar-refractivity contribution is 7.99. The van der Waals surface area contributed by atoms with Gasteiger partial charge < -0.3 is 9.80 Å². The number of nitrogens with zero attached hydrogens (tertiary/aromatic N) is 2. The fraction of sp³-hybridized carbons (Fsp3) is 0.857. The maximum atomic E-state index is 12.6. The number of carbonyl (C=O) groups is 2. The molecule has 3 aliphatic rings. The molecule has 106 valence electrons. The minimum absolute atomic E-state index is 0.151. The summed E-state index contributed by atoms with van der Waals surface area (Å²) in [5, 5.41) is 0. The maximum Gasteiger partial charge on any atom is 0.246 e. The van der Waals surface area contributed by atoms with E-state index in [-0.39, 0.29) is 23.9 Å². The molecule has 0 aromatic carbocycles. The highest BCUT2D eigenvalue weighted by atomic mass is 32.2. The highest BCUT2D eigenvalue weighted by Gasteiger charge is 2.46. The number of hydrogen-bond donors (Lipinski definition) is 0. The van der Waals surface area contributed by atoms with Crippen LogP contribution in [0.25, 0.3) is 0 Å². The molecule has 0 aromatic rings. The molecule has 0 aliphatic carbocycles. The van der Waals surface area contributed by atoms with Crippen molar-refractivity contribution in [2.75, 3.05) is 24.6 Å². The van der Waals surface area contributed by atoms with Crippen molar-refractivity contribution in [2.45, 2.75) is 44.7 Å². The lowest BCUT2D eigenvalue weighted by Crippen LogP contribution is -2.62. The number of thioether (sulfide) groups is 1. The zero-order chi connectivity index (χ0) is 13.4. The molecule has 3 saturated heterocycles. The molecular weight excluding hydrogens is 260 g/mol. The standard InChI is InChI=1S/C14H22N2O2S/c1-10-13(17)15-6-2-3-12(15)14(18)16(10)9-11-4-7-19-8-5-11/h10-12H,2-9H2,1H3. The fourth-order valence-electron chi connectivity index (χ4n) is 3.50. The number of piperazine rings is 1. The normalized spacial score (nSPS) is 32.9. The zero-order valence-corrected chi connectivity index (χ0v) is 12.3. The lowest BCUT2D eigenvalue weighted by atomic mass is 9.98. The molecule has 3 heterocycles. The van der Waals surface area contributed by atoms with Gasteiger partial charge in [-0.2, -0.15) is 11.8 Å². The molecule has 2 atom stereocenters. The largest absolute Gasteiger partial charge is 0.329 e. The first-order valence-corrected chi connectivity index (χ1v) is 8.52. The van der Waals surface area contributed by atoms with Crippen molar-refractivity contribution >= 4 is 23.6 Å². The van der Waals surface area contributed by atoms with E-state index in [0.29, 0.717) is 5.92 Å². The van der Waals surface area contributed by atoms with Gasteiger partial charge in [-0.1, -0.05) is 0 Å². The van der Waals surface area contributed by atoms with E-state index in [2.05, 4.69) is 0 Å². The molecule has 0 N–H and O–H groups in total. The Bertz CT molecular complexity index is 382. The average molecular weight is 282 g/mol. The number of rotatable bonds is 2. The molecule has 0 aromatic heterocycles. The van der Waals surface area contributed by atoms with Crippen LogP contribution in [-0.4, -0.2) is 58.3 Å². The van der Waals surface area contributed by atoms with Crippen molar-refractivity contribution in [3.63, 3.8) is 0 Å². The molecule has 2 unspecified atom stereocenters. The zero-order valence-electron chi connectivity index (χ0n) is 11.5. The van der Waals surface area contributed by atoms with Gasteiger partial charge in [0.1, 0.15) is 12.1 Å². The molecule has 3 fully saturated rings. The Hall–Kier alpha value is -0.710. The van der Waals surface area contributed by atoms with Crippen LogP contribution in [0.15, 0.2) is 0 Å². The van der Waals surface area contributed by atoms with E-state index in [1.54, 1.807) is 4.90 Å². The van der Waals surface area contributed by atoms with Crippen LogP contribution in [-0.2, 0) is 9.59 Å². The van der Waals surface area contributed by atoms with Crippen LogP contribution in [0, 0.1) is 5.92 Å². The number of hydrogen-bond acceptors (Lipinski definition) is 3. The van der Waals surface area contributed by atoms with Crippen LogP contribution in [0.5, 0.6) is 0 Å². The third-order valence-electron chi connectivity index (χ3n) is 4.72. The molecule has 0 radical (unpaired) electrons. The molecule has 5 heteroatoms. The van der Waals surface area contributed by atoms with Crippen LogP contribution in [0.3, 0.4) is 0 Å². The SMILES string of the molecule is CC1C(=O)N2CCCC2C(=O)N1CC1CCSCC1. The average Bonchev–Trinajstić information content (AvgIpc) is 2.92. The molecular formula is C14H22N2O2S. The quantitative estimate of drug-likeness (QED) is 0.767. The van der Waals surface area contributed by atoms with Gasteiger partial charge in [0.15, 0.2) is 0 Å². The van der Waals surface area contributed by atoms with Crippen molar-refractivity contribution in [1.29, 1.82) is 0 Å².